The molecule has 3 rings (SSSR count). The van der Waals surface area contributed by atoms with Crippen LogP contribution in [0.2, 0.25) is 5.02 Å². The number of hydrogen-bond donors (Lipinski definition) is 1. The molecule has 0 aromatic heterocycles. The van der Waals surface area contributed by atoms with E-state index in [0.717, 1.165) is 14.9 Å². The lowest BCUT2D eigenvalue weighted by molar-refractivity contribution is -0.123. The Balaban J connectivity index is 1.86. The number of carbonyl (C=O) groups excluding carboxylic acids is 2. The molecule has 128 valence electrons. The second-order valence-electron chi connectivity index (χ2n) is 5.39. The van der Waals surface area contributed by atoms with Crippen LogP contribution in [-0.4, -0.2) is 23.9 Å². The van der Waals surface area contributed by atoms with E-state index in [9.17, 15) is 9.59 Å². The fourth-order valence-corrected chi connectivity index (χ4v) is 2.91. The summed E-state index contributed by atoms with van der Waals surface area (Å²) in [5.74, 6) is 0.167. The molecule has 0 unspecified atom stereocenters. The number of rotatable bonds is 4. The number of nitrogens with one attached hydrogen (secondary N) is 1. The van der Waals surface area contributed by atoms with Gasteiger partial charge in [-0.25, -0.2) is 4.79 Å². The minimum absolute atomic E-state index is 0.183. The topological polar surface area (TPSA) is 58.6 Å². The van der Waals surface area contributed by atoms with Crippen LogP contribution in [-0.2, 0) is 11.3 Å². The zero-order valence-corrected chi connectivity index (χ0v) is 15.6. The number of imide groups is 1. The highest BCUT2D eigenvalue weighted by atomic mass is 79.9. The number of nitrogens with zero attached hydrogens (tertiary/aromatic N) is 1. The van der Waals surface area contributed by atoms with Crippen LogP contribution >= 0.6 is 27.5 Å². The standard InChI is InChI=1S/C18H14BrClN2O3/c1-25-16-7-6-14(20)8-12(16)9-15-17(23)22(18(24)21-15)10-11-2-4-13(19)5-3-11/h2-9H,10H2,1H3,(H,21,24)/b15-9+. The average molecular weight is 422 g/mol. The monoisotopic (exact) mass is 420 g/mol. The maximum Gasteiger partial charge on any atom is 0.329 e. The summed E-state index contributed by atoms with van der Waals surface area (Å²) in [4.78, 5) is 25.9. The molecule has 1 aliphatic heterocycles. The summed E-state index contributed by atoms with van der Waals surface area (Å²) in [6.45, 7) is 0.196. The third-order valence-electron chi connectivity index (χ3n) is 3.71. The van der Waals surface area contributed by atoms with E-state index in [1.54, 1.807) is 24.3 Å². The van der Waals surface area contributed by atoms with Gasteiger partial charge in [-0.2, -0.15) is 0 Å². The van der Waals surface area contributed by atoms with Gasteiger partial charge in [0.2, 0.25) is 0 Å². The second-order valence-corrected chi connectivity index (χ2v) is 6.74. The molecule has 0 atom stereocenters. The van der Waals surface area contributed by atoms with Gasteiger partial charge < -0.3 is 10.1 Å². The van der Waals surface area contributed by atoms with Crippen LogP contribution in [0.5, 0.6) is 5.75 Å². The predicted molar refractivity (Wildman–Crippen MR) is 99.2 cm³/mol. The maximum absolute atomic E-state index is 12.6. The highest BCUT2D eigenvalue weighted by Crippen LogP contribution is 2.26. The largest absolute Gasteiger partial charge is 0.496 e. The van der Waals surface area contributed by atoms with Gasteiger partial charge in [-0.15, -0.1) is 0 Å². The van der Waals surface area contributed by atoms with E-state index >= 15 is 0 Å². The van der Waals surface area contributed by atoms with Crippen LogP contribution in [0.3, 0.4) is 0 Å². The summed E-state index contributed by atoms with van der Waals surface area (Å²) in [7, 11) is 1.53. The second kappa shape index (κ2) is 7.29. The van der Waals surface area contributed by atoms with Crippen molar-refractivity contribution in [2.45, 2.75) is 6.54 Å². The third kappa shape index (κ3) is 3.86. The van der Waals surface area contributed by atoms with Gasteiger partial charge in [-0.1, -0.05) is 39.7 Å². The molecule has 1 heterocycles. The van der Waals surface area contributed by atoms with Crippen molar-refractivity contribution >= 4 is 45.5 Å². The zero-order valence-electron chi connectivity index (χ0n) is 13.3. The van der Waals surface area contributed by atoms with Crippen molar-refractivity contribution in [1.82, 2.24) is 10.2 Å². The van der Waals surface area contributed by atoms with Crippen molar-refractivity contribution in [3.63, 3.8) is 0 Å². The van der Waals surface area contributed by atoms with Gasteiger partial charge in [0.1, 0.15) is 11.4 Å². The van der Waals surface area contributed by atoms with Crippen molar-refractivity contribution in [3.05, 3.63) is 68.8 Å². The lowest BCUT2D eigenvalue weighted by Crippen LogP contribution is -2.30. The zero-order chi connectivity index (χ0) is 18.0. The molecule has 1 N–H and O–H groups in total. The molecule has 3 amide bonds. The summed E-state index contributed by atoms with van der Waals surface area (Å²) in [5, 5.41) is 3.11. The summed E-state index contributed by atoms with van der Waals surface area (Å²) >= 11 is 9.36. The van der Waals surface area contributed by atoms with Crippen molar-refractivity contribution in [3.8, 4) is 5.75 Å². The molecule has 0 aliphatic carbocycles. The van der Waals surface area contributed by atoms with Crippen molar-refractivity contribution in [2.75, 3.05) is 7.11 Å². The molecule has 0 saturated carbocycles. The van der Waals surface area contributed by atoms with E-state index in [0.29, 0.717) is 16.3 Å². The molecule has 1 fully saturated rings. The molecule has 0 spiro atoms. The number of amides is 3. The highest BCUT2D eigenvalue weighted by molar-refractivity contribution is 9.10. The Bertz CT molecular complexity index is 865. The molecule has 5 nitrogen and oxygen atoms in total. The molecule has 1 saturated heterocycles. The van der Waals surface area contributed by atoms with Crippen LogP contribution in [0.15, 0.2) is 52.6 Å². The Morgan fingerprint density at radius 2 is 1.92 bits per heavy atom. The Hall–Kier alpha value is -2.31. The minimum atomic E-state index is -0.458. The molecular weight excluding hydrogens is 408 g/mol. The average Bonchev–Trinajstić information content (AvgIpc) is 2.84. The Labute approximate surface area is 158 Å². The first kappa shape index (κ1) is 17.5. The molecule has 1 aliphatic rings. The molecule has 0 radical (unpaired) electrons. The van der Waals surface area contributed by atoms with Gasteiger partial charge in [0, 0.05) is 15.1 Å². The molecule has 2 aromatic carbocycles. The lowest BCUT2D eigenvalue weighted by Gasteiger charge is -2.11. The van der Waals surface area contributed by atoms with Crippen LogP contribution < -0.4 is 10.1 Å². The smallest absolute Gasteiger partial charge is 0.329 e. The van der Waals surface area contributed by atoms with Crippen LogP contribution in [0.4, 0.5) is 4.79 Å². The summed E-state index contributed by atoms with van der Waals surface area (Å²) in [5.41, 5.74) is 1.65. The predicted octanol–water partition coefficient (Wildman–Crippen LogP) is 4.20. The Kier molecular flexibility index (Phi) is 5.11. The van der Waals surface area contributed by atoms with Gasteiger partial charge >= 0.3 is 6.03 Å². The lowest BCUT2D eigenvalue weighted by atomic mass is 10.1. The third-order valence-corrected chi connectivity index (χ3v) is 4.47. The van der Waals surface area contributed by atoms with E-state index in [-0.39, 0.29) is 12.2 Å². The first-order chi connectivity index (χ1) is 12.0. The SMILES string of the molecule is COc1ccc(Cl)cc1/C=C1/NC(=O)N(Cc2ccc(Br)cc2)C1=O. The van der Waals surface area contributed by atoms with E-state index in [4.69, 9.17) is 16.3 Å². The van der Waals surface area contributed by atoms with E-state index in [1.165, 1.54) is 7.11 Å². The van der Waals surface area contributed by atoms with Gasteiger partial charge in [-0.3, -0.25) is 9.69 Å². The fraction of sp³-hybridized carbons (Fsp3) is 0.111. The Morgan fingerprint density at radius 3 is 2.60 bits per heavy atom. The van der Waals surface area contributed by atoms with E-state index in [2.05, 4.69) is 21.2 Å². The number of hydrogen-bond acceptors (Lipinski definition) is 3. The van der Waals surface area contributed by atoms with Crippen LogP contribution in [0.25, 0.3) is 6.08 Å². The van der Waals surface area contributed by atoms with E-state index in [1.807, 2.05) is 24.3 Å². The molecule has 2 aromatic rings. The number of ether oxygens (including phenoxy) is 1. The summed E-state index contributed by atoms with van der Waals surface area (Å²) in [6.07, 6.45) is 1.56. The van der Waals surface area contributed by atoms with E-state index < -0.39 is 11.9 Å². The first-order valence-electron chi connectivity index (χ1n) is 7.40. The maximum atomic E-state index is 12.6. The molecule has 25 heavy (non-hydrogen) atoms. The summed E-state index contributed by atoms with van der Waals surface area (Å²) < 4.78 is 6.19. The van der Waals surface area contributed by atoms with Crippen LogP contribution in [0, 0.1) is 0 Å². The van der Waals surface area contributed by atoms with Gasteiger partial charge in [0.15, 0.2) is 0 Å². The molecule has 0 bridgehead atoms. The summed E-state index contributed by atoms with van der Waals surface area (Å²) in [6, 6.07) is 12.0. The minimum Gasteiger partial charge on any atom is -0.496 e. The van der Waals surface area contributed by atoms with Gasteiger partial charge in [-0.05, 0) is 42.0 Å². The molecular formula is C18H14BrClN2O3. The fourth-order valence-electron chi connectivity index (χ4n) is 2.46. The van der Waals surface area contributed by atoms with Gasteiger partial charge in [0.05, 0.1) is 13.7 Å². The van der Waals surface area contributed by atoms with Crippen molar-refractivity contribution in [1.29, 1.82) is 0 Å². The quantitative estimate of drug-likeness (QED) is 0.594. The number of urea groups is 1. The van der Waals surface area contributed by atoms with Gasteiger partial charge in [0.25, 0.3) is 5.91 Å². The van der Waals surface area contributed by atoms with Crippen LogP contribution in [0.1, 0.15) is 11.1 Å². The normalized spacial score (nSPS) is 15.6. The number of benzene rings is 2. The first-order valence-corrected chi connectivity index (χ1v) is 8.57. The number of carbonyl (C=O) groups is 2. The van der Waals surface area contributed by atoms with Crippen molar-refractivity contribution < 1.29 is 14.3 Å². The van der Waals surface area contributed by atoms with Crippen molar-refractivity contribution in [2.24, 2.45) is 0 Å². The number of halogens is 2. The Morgan fingerprint density at radius 1 is 1.20 bits per heavy atom. The molecule has 7 heteroatoms. The highest BCUT2D eigenvalue weighted by Gasteiger charge is 2.33. The number of methoxy groups -OCH3 is 1.